The van der Waals surface area contributed by atoms with Crippen molar-refractivity contribution < 1.29 is 28.0 Å². The number of benzene rings is 2. The predicted octanol–water partition coefficient (Wildman–Crippen LogP) is 6.34. The van der Waals surface area contributed by atoms with Crippen LogP contribution in [0.3, 0.4) is 0 Å². The summed E-state index contributed by atoms with van der Waals surface area (Å²) < 4.78 is 40.4. The third-order valence-electron chi connectivity index (χ3n) is 11.2. The molecular formula is C37H47ClN4O6S. The lowest BCUT2D eigenvalue weighted by Gasteiger charge is -2.46. The number of urea groups is 1. The summed E-state index contributed by atoms with van der Waals surface area (Å²) in [7, 11) is -2.05. The number of carbonyl (C=O) groups is 2. The van der Waals surface area contributed by atoms with Crippen molar-refractivity contribution in [3.63, 3.8) is 0 Å². The SMILES string of the molecule is CO[C@H]1/C=C/COC(C)(C)C(=O)N=[S@@](=O)(NC(=O)NC2CCC2)c2ccc3c(c2)N(C[C@@H]2CC[C@H]21)C[C@@]1(CCCc2cc(Cl)ccc21)CO3. The van der Waals surface area contributed by atoms with Crippen LogP contribution in [0, 0.1) is 11.8 Å². The molecule has 264 valence electrons. The summed E-state index contributed by atoms with van der Waals surface area (Å²) in [6.07, 6.45) is 11.6. The van der Waals surface area contributed by atoms with E-state index in [2.05, 4.69) is 31.4 Å². The van der Waals surface area contributed by atoms with Crippen LogP contribution in [0.2, 0.25) is 5.02 Å². The fraction of sp³-hybridized carbons (Fsp3) is 0.568. The second-order valence-electron chi connectivity index (χ2n) is 14.8. The second kappa shape index (κ2) is 13.5. The van der Waals surface area contributed by atoms with E-state index in [-0.39, 0.29) is 29.1 Å². The van der Waals surface area contributed by atoms with Gasteiger partial charge in [0.25, 0.3) is 5.91 Å². The molecule has 0 unspecified atom stereocenters. The van der Waals surface area contributed by atoms with Gasteiger partial charge in [0.05, 0.1) is 29.9 Å². The maximum atomic E-state index is 14.9. The summed E-state index contributed by atoms with van der Waals surface area (Å²) in [5.41, 5.74) is 1.59. The summed E-state index contributed by atoms with van der Waals surface area (Å²) >= 11 is 6.46. The Kier molecular flexibility index (Phi) is 9.49. The van der Waals surface area contributed by atoms with Crippen LogP contribution in [0.1, 0.15) is 69.9 Å². The minimum absolute atomic E-state index is 0.00295. The molecule has 2 aliphatic heterocycles. The van der Waals surface area contributed by atoms with E-state index in [9.17, 15) is 13.8 Å². The Balaban J connectivity index is 1.35. The number of rotatable bonds is 3. The fourth-order valence-electron chi connectivity index (χ4n) is 7.96. The molecule has 0 radical (unpaired) electrons. The van der Waals surface area contributed by atoms with E-state index in [0.717, 1.165) is 68.6 Å². The standard InChI is InChI=1S/C37H47ClN4O6S/c1-36(2)34(43)40-49(45,41-35(44)39-27-8-4-9-27)28-13-16-33-31(20-28)42(21-25-11-14-29(25)32(46-3)10-6-18-48-36)22-37(23-47-33)17-5-7-24-19-26(38)12-15-30(24)37/h6,10,12-13,15-16,19-20,25,27,29,32H,4-5,7-9,11,14,17-18,21-23H2,1-3H3,(H2,39,40,41,43,44,45)/b10-6+/t25-,29+,32-,37-,49+/m0/s1. The van der Waals surface area contributed by atoms with Crippen LogP contribution in [-0.2, 0) is 36.0 Å². The van der Waals surface area contributed by atoms with Gasteiger partial charge in [0.1, 0.15) is 11.4 Å². The van der Waals surface area contributed by atoms with Crippen LogP contribution in [0.25, 0.3) is 0 Å². The van der Waals surface area contributed by atoms with E-state index >= 15 is 0 Å². The summed E-state index contributed by atoms with van der Waals surface area (Å²) in [5, 5.41) is 3.62. The van der Waals surface area contributed by atoms with E-state index in [1.54, 1.807) is 39.2 Å². The molecule has 2 heterocycles. The number of nitrogens with zero attached hydrogens (tertiary/aromatic N) is 2. The number of hydrogen-bond acceptors (Lipinski definition) is 7. The van der Waals surface area contributed by atoms with E-state index in [1.165, 1.54) is 11.1 Å². The van der Waals surface area contributed by atoms with E-state index in [0.29, 0.717) is 30.7 Å². The molecule has 3 amide bonds. The van der Waals surface area contributed by atoms with Crippen LogP contribution in [0.4, 0.5) is 10.5 Å². The Morgan fingerprint density at radius 3 is 2.69 bits per heavy atom. The highest BCUT2D eigenvalue weighted by Crippen LogP contribution is 2.47. The van der Waals surface area contributed by atoms with Gasteiger partial charge in [-0.1, -0.05) is 29.8 Å². The molecule has 10 nitrogen and oxygen atoms in total. The fourth-order valence-corrected chi connectivity index (χ4v) is 9.71. The number of fused-ring (bicyclic) bond motifs is 4. The number of hydrogen-bond donors (Lipinski definition) is 2. The number of aryl methyl sites for hydroxylation is 1. The molecule has 7 rings (SSSR count). The van der Waals surface area contributed by atoms with Gasteiger partial charge in [-0.05, 0) is 119 Å². The van der Waals surface area contributed by atoms with Gasteiger partial charge in [0, 0.05) is 36.7 Å². The van der Waals surface area contributed by atoms with Crippen molar-refractivity contribution in [3.05, 3.63) is 64.7 Å². The number of nitrogens with one attached hydrogen (secondary N) is 2. The van der Waals surface area contributed by atoms with Crippen molar-refractivity contribution in [3.8, 4) is 5.75 Å². The lowest BCUT2D eigenvalue weighted by molar-refractivity contribution is -0.137. The van der Waals surface area contributed by atoms with Crippen molar-refractivity contribution in [2.75, 3.05) is 38.3 Å². The number of ether oxygens (including phenoxy) is 3. The maximum Gasteiger partial charge on any atom is 0.327 e. The monoisotopic (exact) mass is 710 g/mol. The van der Waals surface area contributed by atoms with Crippen molar-refractivity contribution >= 4 is 39.1 Å². The minimum atomic E-state index is -3.79. The quantitative estimate of drug-likeness (QED) is 0.357. The Morgan fingerprint density at radius 1 is 1.12 bits per heavy atom. The average molecular weight is 711 g/mol. The van der Waals surface area contributed by atoms with Gasteiger partial charge in [0.2, 0.25) is 0 Å². The minimum Gasteiger partial charge on any atom is -0.490 e. The zero-order valence-corrected chi connectivity index (χ0v) is 30.1. The molecule has 3 aliphatic carbocycles. The van der Waals surface area contributed by atoms with E-state index < -0.39 is 27.5 Å². The largest absolute Gasteiger partial charge is 0.490 e. The van der Waals surface area contributed by atoms with Gasteiger partial charge in [0.15, 0.2) is 9.92 Å². The van der Waals surface area contributed by atoms with Gasteiger partial charge in [-0.15, -0.1) is 4.36 Å². The first kappa shape index (κ1) is 34.3. The Bertz CT molecular complexity index is 1770. The number of halogens is 1. The number of amides is 3. The molecule has 0 saturated heterocycles. The topological polar surface area (TPSA) is 119 Å². The van der Waals surface area contributed by atoms with Crippen LogP contribution in [0.5, 0.6) is 5.75 Å². The van der Waals surface area contributed by atoms with Crippen LogP contribution in [0.15, 0.2) is 57.8 Å². The van der Waals surface area contributed by atoms with Crippen molar-refractivity contribution in [2.24, 2.45) is 16.2 Å². The van der Waals surface area contributed by atoms with E-state index in [1.807, 2.05) is 18.2 Å². The smallest absolute Gasteiger partial charge is 0.327 e. The summed E-state index contributed by atoms with van der Waals surface area (Å²) in [6, 6.07) is 10.8. The molecule has 2 fully saturated rings. The normalized spacial score (nSPS) is 31.8. The van der Waals surface area contributed by atoms with Crippen LogP contribution >= 0.6 is 11.6 Å². The highest BCUT2D eigenvalue weighted by molar-refractivity contribution is 7.92. The zero-order chi connectivity index (χ0) is 34.4. The molecule has 12 heteroatoms. The first-order chi connectivity index (χ1) is 23.5. The molecular weight excluding hydrogens is 664 g/mol. The molecule has 49 heavy (non-hydrogen) atoms. The predicted molar refractivity (Wildman–Crippen MR) is 190 cm³/mol. The van der Waals surface area contributed by atoms with Crippen molar-refractivity contribution in [1.29, 1.82) is 0 Å². The molecule has 2 aromatic rings. The molecule has 2 N–H and O–H groups in total. The molecule has 1 spiro atoms. The Hall–Kier alpha value is -3.12. The van der Waals surface area contributed by atoms with E-state index in [4.69, 9.17) is 25.8 Å². The Morgan fingerprint density at radius 2 is 1.96 bits per heavy atom. The van der Waals surface area contributed by atoms with Gasteiger partial charge in [-0.2, -0.15) is 0 Å². The molecule has 0 aromatic heterocycles. The highest BCUT2D eigenvalue weighted by atomic mass is 35.5. The van der Waals surface area contributed by atoms with Crippen LogP contribution in [-0.4, -0.2) is 67.3 Å². The molecule has 5 aliphatic rings. The zero-order valence-electron chi connectivity index (χ0n) is 28.5. The van der Waals surface area contributed by atoms with Gasteiger partial charge >= 0.3 is 6.03 Å². The van der Waals surface area contributed by atoms with Crippen LogP contribution < -0.4 is 19.7 Å². The molecule has 5 atom stereocenters. The lowest BCUT2D eigenvalue weighted by atomic mass is 9.68. The van der Waals surface area contributed by atoms with Gasteiger partial charge in [-0.3, -0.25) is 4.79 Å². The average Bonchev–Trinajstić information content (AvgIpc) is 3.18. The van der Waals surface area contributed by atoms with Crippen molar-refractivity contribution in [1.82, 2.24) is 10.0 Å². The third kappa shape index (κ3) is 6.83. The number of methoxy groups -OCH3 is 1. The number of carbonyl (C=O) groups excluding carboxylic acids is 2. The number of anilines is 1. The summed E-state index contributed by atoms with van der Waals surface area (Å²) in [5.74, 6) is 0.562. The maximum absolute atomic E-state index is 14.9. The second-order valence-corrected chi connectivity index (χ2v) is 17.2. The molecule has 2 bridgehead atoms. The first-order valence-corrected chi connectivity index (χ1v) is 19.4. The first-order valence-electron chi connectivity index (χ1n) is 17.5. The molecule has 2 aromatic carbocycles. The highest BCUT2D eigenvalue weighted by Gasteiger charge is 2.45. The summed E-state index contributed by atoms with van der Waals surface area (Å²) in [6.45, 7) is 5.24. The van der Waals surface area contributed by atoms with Gasteiger partial charge in [-0.25, -0.2) is 13.7 Å². The lowest BCUT2D eigenvalue weighted by Crippen LogP contribution is -2.49. The Labute approximate surface area is 294 Å². The summed E-state index contributed by atoms with van der Waals surface area (Å²) in [4.78, 5) is 29.5. The van der Waals surface area contributed by atoms with Crippen molar-refractivity contribution in [2.45, 2.75) is 93.3 Å². The van der Waals surface area contributed by atoms with Gasteiger partial charge < -0.3 is 24.4 Å². The third-order valence-corrected chi connectivity index (χ3v) is 13.2. The molecule has 2 saturated carbocycles.